The Morgan fingerprint density at radius 1 is 1.27 bits per heavy atom. The number of alkyl halides is 3. The van der Waals surface area contributed by atoms with Crippen molar-refractivity contribution in [1.29, 1.82) is 0 Å². The Balaban J connectivity index is 2.21. The molecular formula is C14H12F3N4O. The van der Waals surface area contributed by atoms with Crippen LogP contribution in [0.25, 0.3) is 16.7 Å². The first kappa shape index (κ1) is 14.6. The number of nitrogens with zero attached hydrogens (tertiary/aromatic N) is 4. The van der Waals surface area contributed by atoms with Crippen LogP contribution in [0, 0.1) is 13.1 Å². The van der Waals surface area contributed by atoms with E-state index in [2.05, 4.69) is 21.1 Å². The Bertz CT molecular complexity index is 841. The quantitative estimate of drug-likeness (QED) is 0.746. The van der Waals surface area contributed by atoms with Gasteiger partial charge < -0.3 is 4.74 Å². The lowest BCUT2D eigenvalue weighted by Crippen LogP contribution is -2.10. The normalized spacial score (nSPS) is 12.2. The highest BCUT2D eigenvalue weighted by molar-refractivity contribution is 5.75. The standard InChI is InChI=1S/C14H12F3N4O/c1-8-10-7-18-9-3-4-12(22-2)20-13(9)21(10)11(19-8)5-6-14(15,16)17/h3-4H,5-6H2,1-2H3. The van der Waals surface area contributed by atoms with Gasteiger partial charge in [0.25, 0.3) is 0 Å². The van der Waals surface area contributed by atoms with E-state index in [0.29, 0.717) is 28.3 Å². The van der Waals surface area contributed by atoms with Crippen molar-refractivity contribution in [1.82, 2.24) is 19.4 Å². The Kier molecular flexibility index (Phi) is 3.38. The van der Waals surface area contributed by atoms with Crippen molar-refractivity contribution < 1.29 is 17.9 Å². The van der Waals surface area contributed by atoms with Gasteiger partial charge >= 0.3 is 6.18 Å². The van der Waals surface area contributed by atoms with E-state index in [9.17, 15) is 13.2 Å². The molecule has 0 saturated carbocycles. The van der Waals surface area contributed by atoms with Crippen molar-refractivity contribution in [3.8, 4) is 5.88 Å². The summed E-state index contributed by atoms with van der Waals surface area (Å²) in [6.07, 6.45) is -2.61. The lowest BCUT2D eigenvalue weighted by molar-refractivity contribution is -0.134. The summed E-state index contributed by atoms with van der Waals surface area (Å²) < 4.78 is 44.1. The number of ether oxygens (including phenoxy) is 1. The minimum atomic E-state index is -4.24. The van der Waals surface area contributed by atoms with Crippen LogP contribution < -0.4 is 4.74 Å². The van der Waals surface area contributed by atoms with Gasteiger partial charge in [-0.05, 0) is 13.0 Å². The van der Waals surface area contributed by atoms with Crippen LogP contribution in [0.15, 0.2) is 12.1 Å². The smallest absolute Gasteiger partial charge is 0.389 e. The molecule has 0 unspecified atom stereocenters. The zero-order valence-corrected chi connectivity index (χ0v) is 11.9. The fourth-order valence-corrected chi connectivity index (χ4v) is 2.27. The van der Waals surface area contributed by atoms with Gasteiger partial charge in [0.1, 0.15) is 17.5 Å². The predicted octanol–water partition coefficient (Wildman–Crippen LogP) is 2.89. The number of imidazole rings is 1. The number of fused-ring (bicyclic) bond motifs is 3. The van der Waals surface area contributed by atoms with Gasteiger partial charge in [-0.3, -0.25) is 4.40 Å². The van der Waals surface area contributed by atoms with Gasteiger partial charge in [0.2, 0.25) is 5.88 Å². The topological polar surface area (TPSA) is 52.3 Å². The molecule has 0 fully saturated rings. The molecule has 0 atom stereocenters. The molecule has 3 heterocycles. The van der Waals surface area contributed by atoms with Crippen LogP contribution in [-0.4, -0.2) is 32.6 Å². The molecular weight excluding hydrogens is 297 g/mol. The van der Waals surface area contributed by atoms with Crippen molar-refractivity contribution >= 4 is 16.7 Å². The molecule has 3 aromatic heterocycles. The van der Waals surface area contributed by atoms with Gasteiger partial charge in [0.05, 0.1) is 24.7 Å². The van der Waals surface area contributed by atoms with Crippen LogP contribution in [0.5, 0.6) is 5.88 Å². The summed E-state index contributed by atoms with van der Waals surface area (Å²) in [5.41, 5.74) is 2.01. The number of methoxy groups -OCH3 is 1. The number of rotatable bonds is 3. The average Bonchev–Trinajstić information content (AvgIpc) is 2.81. The molecule has 5 nitrogen and oxygen atoms in total. The molecule has 115 valence electrons. The second kappa shape index (κ2) is 5.11. The van der Waals surface area contributed by atoms with E-state index in [1.807, 2.05) is 0 Å². The maximum atomic E-state index is 12.5. The highest BCUT2D eigenvalue weighted by Gasteiger charge is 2.28. The first-order valence-corrected chi connectivity index (χ1v) is 6.56. The van der Waals surface area contributed by atoms with Gasteiger partial charge in [-0.2, -0.15) is 18.2 Å². The fourth-order valence-electron chi connectivity index (χ4n) is 2.27. The van der Waals surface area contributed by atoms with Gasteiger partial charge in [-0.15, -0.1) is 0 Å². The molecule has 22 heavy (non-hydrogen) atoms. The summed E-state index contributed by atoms with van der Waals surface area (Å²) in [6.45, 7) is 1.70. The summed E-state index contributed by atoms with van der Waals surface area (Å²) in [6, 6.07) is 3.31. The van der Waals surface area contributed by atoms with Crippen LogP contribution in [-0.2, 0) is 6.42 Å². The summed E-state index contributed by atoms with van der Waals surface area (Å²) in [4.78, 5) is 12.6. The number of pyridine rings is 1. The third-order valence-corrected chi connectivity index (χ3v) is 3.29. The Hall–Kier alpha value is -2.38. The number of hydrogen-bond acceptors (Lipinski definition) is 4. The van der Waals surface area contributed by atoms with E-state index in [-0.39, 0.29) is 12.2 Å². The Morgan fingerprint density at radius 2 is 2.05 bits per heavy atom. The first-order chi connectivity index (χ1) is 10.4. The van der Waals surface area contributed by atoms with Crippen LogP contribution in [0.2, 0.25) is 0 Å². The minimum Gasteiger partial charge on any atom is -0.481 e. The van der Waals surface area contributed by atoms with E-state index >= 15 is 0 Å². The van der Waals surface area contributed by atoms with Crippen LogP contribution >= 0.6 is 0 Å². The lowest BCUT2D eigenvalue weighted by Gasteiger charge is -2.07. The SMILES string of the molecule is COc1ccc2n[c]c3c(C)nc(CCC(F)(F)F)n3c2n1. The summed E-state index contributed by atoms with van der Waals surface area (Å²) in [7, 11) is 1.47. The van der Waals surface area contributed by atoms with Crippen molar-refractivity contribution in [2.75, 3.05) is 7.11 Å². The molecule has 0 spiro atoms. The summed E-state index contributed by atoms with van der Waals surface area (Å²) in [5, 5.41) is 0. The molecule has 0 bridgehead atoms. The molecule has 8 heteroatoms. The van der Waals surface area contributed by atoms with E-state index in [1.54, 1.807) is 23.5 Å². The maximum absolute atomic E-state index is 12.5. The van der Waals surface area contributed by atoms with Crippen LogP contribution in [0.3, 0.4) is 0 Å². The minimum absolute atomic E-state index is 0.232. The number of aryl methyl sites for hydroxylation is 2. The summed E-state index contributed by atoms with van der Waals surface area (Å²) in [5.74, 6) is 0.643. The monoisotopic (exact) mass is 309 g/mol. The molecule has 0 aliphatic heterocycles. The Labute approximate surface area is 123 Å². The molecule has 0 aromatic carbocycles. The zero-order valence-electron chi connectivity index (χ0n) is 11.9. The third-order valence-electron chi connectivity index (χ3n) is 3.29. The first-order valence-electron chi connectivity index (χ1n) is 6.56. The van der Waals surface area contributed by atoms with Crippen LogP contribution in [0.4, 0.5) is 13.2 Å². The number of hydrogen-bond donors (Lipinski definition) is 0. The second-order valence-electron chi connectivity index (χ2n) is 4.83. The van der Waals surface area contributed by atoms with Crippen molar-refractivity contribution in [2.24, 2.45) is 0 Å². The average molecular weight is 309 g/mol. The molecule has 0 amide bonds. The highest BCUT2D eigenvalue weighted by Crippen LogP contribution is 2.25. The zero-order chi connectivity index (χ0) is 15.9. The molecule has 1 radical (unpaired) electrons. The van der Waals surface area contributed by atoms with E-state index in [0.717, 1.165) is 0 Å². The molecule has 0 aliphatic carbocycles. The molecule has 3 aromatic rings. The number of aromatic nitrogens is 4. The Morgan fingerprint density at radius 3 is 2.73 bits per heavy atom. The van der Waals surface area contributed by atoms with Crippen molar-refractivity contribution in [2.45, 2.75) is 25.9 Å². The summed E-state index contributed by atoms with van der Waals surface area (Å²) >= 11 is 0. The maximum Gasteiger partial charge on any atom is 0.389 e. The predicted molar refractivity (Wildman–Crippen MR) is 72.8 cm³/mol. The highest BCUT2D eigenvalue weighted by atomic mass is 19.4. The number of halogens is 3. The van der Waals surface area contributed by atoms with E-state index in [4.69, 9.17) is 4.74 Å². The van der Waals surface area contributed by atoms with Gasteiger partial charge in [-0.1, -0.05) is 0 Å². The molecule has 0 aliphatic rings. The fraction of sp³-hybridized carbons (Fsp3) is 0.357. The van der Waals surface area contributed by atoms with Gasteiger partial charge in [0.15, 0.2) is 5.65 Å². The molecule has 0 saturated heterocycles. The van der Waals surface area contributed by atoms with Crippen molar-refractivity contribution in [3.05, 3.63) is 29.8 Å². The van der Waals surface area contributed by atoms with Gasteiger partial charge in [-0.25, -0.2) is 9.97 Å². The lowest BCUT2D eigenvalue weighted by atomic mass is 10.3. The molecule has 3 rings (SSSR count). The van der Waals surface area contributed by atoms with E-state index in [1.165, 1.54) is 7.11 Å². The largest absolute Gasteiger partial charge is 0.481 e. The van der Waals surface area contributed by atoms with E-state index < -0.39 is 12.6 Å². The molecule has 0 N–H and O–H groups in total. The second-order valence-corrected chi connectivity index (χ2v) is 4.83. The van der Waals surface area contributed by atoms with Crippen molar-refractivity contribution in [3.63, 3.8) is 0 Å². The third kappa shape index (κ3) is 2.56. The van der Waals surface area contributed by atoms with Gasteiger partial charge in [0, 0.05) is 12.5 Å². The van der Waals surface area contributed by atoms with Crippen LogP contribution in [0.1, 0.15) is 17.9 Å².